The number of nitrogens with one attached hydrogen (secondary N) is 1. The largest absolute Gasteiger partial charge is 0.385 e. The molecular weight excluding hydrogens is 370 g/mol. The Morgan fingerprint density at radius 2 is 2.03 bits per heavy atom. The molecule has 156 valence electrons. The molecule has 3 aliphatic rings. The Hall–Kier alpha value is -2.03. The van der Waals surface area contributed by atoms with Crippen LogP contribution in [0.25, 0.3) is 5.65 Å². The third-order valence-electron chi connectivity index (χ3n) is 6.68. The first kappa shape index (κ1) is 19.0. The van der Waals surface area contributed by atoms with Crippen molar-refractivity contribution in [3.05, 3.63) is 29.7 Å². The molecule has 2 N–H and O–H groups in total. The van der Waals surface area contributed by atoms with Gasteiger partial charge in [0.1, 0.15) is 6.10 Å². The highest BCUT2D eigenvalue weighted by atomic mass is 16.5. The molecule has 0 aromatic carbocycles. The summed E-state index contributed by atoms with van der Waals surface area (Å²) in [6.07, 6.45) is 5.38. The van der Waals surface area contributed by atoms with E-state index in [9.17, 15) is 9.90 Å². The average molecular weight is 399 g/mol. The lowest BCUT2D eigenvalue weighted by Crippen LogP contribution is -2.60. The molecule has 3 aliphatic heterocycles. The number of pyridine rings is 1. The molecule has 2 aromatic heterocycles. The molecule has 8 nitrogen and oxygen atoms in total. The van der Waals surface area contributed by atoms with Crippen LogP contribution in [0.3, 0.4) is 0 Å². The second-order valence-corrected chi connectivity index (χ2v) is 9.20. The summed E-state index contributed by atoms with van der Waals surface area (Å²) in [5.41, 5.74) is 0.998. The van der Waals surface area contributed by atoms with Crippen LogP contribution in [-0.4, -0.2) is 67.9 Å². The zero-order chi connectivity index (χ0) is 20.2. The van der Waals surface area contributed by atoms with Crippen molar-refractivity contribution in [2.24, 2.45) is 5.92 Å². The fraction of sp³-hybridized carbons (Fsp3) is 0.667. The van der Waals surface area contributed by atoms with E-state index in [1.807, 2.05) is 18.7 Å². The molecule has 0 aliphatic carbocycles. The highest BCUT2D eigenvalue weighted by Crippen LogP contribution is 2.38. The van der Waals surface area contributed by atoms with Gasteiger partial charge >= 0.3 is 0 Å². The lowest BCUT2D eigenvalue weighted by molar-refractivity contribution is -0.122. The number of aliphatic hydroxyl groups is 1. The summed E-state index contributed by atoms with van der Waals surface area (Å²) >= 11 is 0. The number of piperidine rings is 1. The minimum atomic E-state index is -0.729. The third-order valence-corrected chi connectivity index (χ3v) is 6.68. The summed E-state index contributed by atoms with van der Waals surface area (Å²) in [6.45, 7) is 5.69. The molecular formula is C21H29N5O3. The SMILES string of the molecule is CC(C)C(O)c1nnc2ccc(C(=O)N3CCOC4(C[C@H]5CC[C@@H](C4)N5)C3)cn12. The highest BCUT2D eigenvalue weighted by molar-refractivity contribution is 5.94. The Bertz CT molecular complexity index is 914. The zero-order valence-corrected chi connectivity index (χ0v) is 17.0. The molecule has 5 heterocycles. The second kappa shape index (κ2) is 7.04. The number of carbonyl (C=O) groups is 1. The van der Waals surface area contributed by atoms with Crippen molar-refractivity contribution in [1.29, 1.82) is 0 Å². The number of fused-ring (bicyclic) bond motifs is 3. The van der Waals surface area contributed by atoms with Crippen molar-refractivity contribution in [3.63, 3.8) is 0 Å². The molecule has 0 radical (unpaired) electrons. The van der Waals surface area contributed by atoms with E-state index in [-0.39, 0.29) is 17.4 Å². The first-order valence-corrected chi connectivity index (χ1v) is 10.7. The second-order valence-electron chi connectivity index (χ2n) is 9.20. The summed E-state index contributed by atoms with van der Waals surface area (Å²) in [5, 5.41) is 22.4. The van der Waals surface area contributed by atoms with Crippen molar-refractivity contribution in [3.8, 4) is 0 Å². The lowest BCUT2D eigenvalue weighted by Gasteiger charge is -2.47. The van der Waals surface area contributed by atoms with Crippen LogP contribution in [0.4, 0.5) is 0 Å². The highest BCUT2D eigenvalue weighted by Gasteiger charge is 2.47. The number of hydrogen-bond acceptors (Lipinski definition) is 6. The molecule has 1 spiro atoms. The molecule has 4 atom stereocenters. The van der Waals surface area contributed by atoms with E-state index in [0.717, 1.165) is 12.8 Å². The number of carbonyl (C=O) groups excluding carboxylic acids is 1. The van der Waals surface area contributed by atoms with E-state index in [4.69, 9.17) is 4.74 Å². The smallest absolute Gasteiger partial charge is 0.255 e. The summed E-state index contributed by atoms with van der Waals surface area (Å²) in [4.78, 5) is 15.3. The predicted molar refractivity (Wildman–Crippen MR) is 107 cm³/mol. The standard InChI is InChI=1S/C21H29N5O3/c1-13(2)18(27)19-24-23-17-6-3-14(11-26(17)19)20(28)25-7-8-29-21(12-25)9-15-4-5-16(10-21)22-15/h3,6,11,13,15-16,18,22,27H,4-5,7-10,12H2,1-2H3/t15-,16+,18?,21?. The zero-order valence-electron chi connectivity index (χ0n) is 17.0. The van der Waals surface area contributed by atoms with E-state index in [2.05, 4.69) is 15.5 Å². The van der Waals surface area contributed by atoms with Crippen LogP contribution in [0, 0.1) is 5.92 Å². The summed E-state index contributed by atoms with van der Waals surface area (Å²) in [6, 6.07) is 4.61. The Labute approximate surface area is 170 Å². The number of rotatable bonds is 3. The Morgan fingerprint density at radius 3 is 2.76 bits per heavy atom. The van der Waals surface area contributed by atoms with Crippen molar-refractivity contribution < 1.29 is 14.6 Å². The number of morpholine rings is 1. The van der Waals surface area contributed by atoms with Crippen molar-refractivity contribution in [1.82, 2.24) is 24.8 Å². The van der Waals surface area contributed by atoms with Gasteiger partial charge in [0.25, 0.3) is 5.91 Å². The monoisotopic (exact) mass is 399 g/mol. The van der Waals surface area contributed by atoms with E-state index in [1.165, 1.54) is 12.8 Å². The topological polar surface area (TPSA) is 92.0 Å². The Balaban J connectivity index is 1.40. The average Bonchev–Trinajstić information content (AvgIpc) is 3.29. The third kappa shape index (κ3) is 3.33. The normalized spacial score (nSPS) is 30.4. The van der Waals surface area contributed by atoms with Gasteiger partial charge in [-0.15, -0.1) is 10.2 Å². The van der Waals surface area contributed by atoms with Crippen LogP contribution >= 0.6 is 0 Å². The molecule has 3 saturated heterocycles. The van der Waals surface area contributed by atoms with Crippen LogP contribution < -0.4 is 5.32 Å². The fourth-order valence-electron chi connectivity index (χ4n) is 5.19. The minimum absolute atomic E-state index is 0.000795. The summed E-state index contributed by atoms with van der Waals surface area (Å²) in [7, 11) is 0. The van der Waals surface area contributed by atoms with Gasteiger partial charge in [0.15, 0.2) is 11.5 Å². The van der Waals surface area contributed by atoms with Crippen LogP contribution in [-0.2, 0) is 4.74 Å². The molecule has 2 aromatic rings. The van der Waals surface area contributed by atoms with Gasteiger partial charge < -0.3 is 20.1 Å². The van der Waals surface area contributed by atoms with Gasteiger partial charge in [0, 0.05) is 24.8 Å². The number of ether oxygens (including phenoxy) is 1. The van der Waals surface area contributed by atoms with Gasteiger partial charge in [-0.3, -0.25) is 9.20 Å². The van der Waals surface area contributed by atoms with Gasteiger partial charge in [-0.2, -0.15) is 0 Å². The summed E-state index contributed by atoms with van der Waals surface area (Å²) < 4.78 is 7.98. The molecule has 8 heteroatoms. The molecule has 29 heavy (non-hydrogen) atoms. The van der Waals surface area contributed by atoms with Crippen LogP contribution in [0.15, 0.2) is 18.3 Å². The molecule has 2 unspecified atom stereocenters. The van der Waals surface area contributed by atoms with Gasteiger partial charge in [0.05, 0.1) is 24.3 Å². The van der Waals surface area contributed by atoms with E-state index in [1.54, 1.807) is 22.7 Å². The van der Waals surface area contributed by atoms with Crippen molar-refractivity contribution >= 4 is 11.6 Å². The number of hydrogen-bond donors (Lipinski definition) is 2. The number of amides is 1. The van der Waals surface area contributed by atoms with Crippen LogP contribution in [0.2, 0.25) is 0 Å². The van der Waals surface area contributed by atoms with Crippen LogP contribution in [0.1, 0.15) is 61.8 Å². The first-order valence-electron chi connectivity index (χ1n) is 10.7. The number of aromatic nitrogens is 3. The van der Waals surface area contributed by atoms with Crippen molar-refractivity contribution in [2.75, 3.05) is 19.7 Å². The number of nitrogens with zero attached hydrogens (tertiary/aromatic N) is 4. The van der Waals surface area contributed by atoms with Gasteiger partial charge in [-0.1, -0.05) is 13.8 Å². The minimum Gasteiger partial charge on any atom is -0.385 e. The van der Waals surface area contributed by atoms with E-state index >= 15 is 0 Å². The molecule has 3 fully saturated rings. The molecule has 2 bridgehead atoms. The van der Waals surface area contributed by atoms with E-state index < -0.39 is 6.10 Å². The van der Waals surface area contributed by atoms with Gasteiger partial charge in [0.2, 0.25) is 0 Å². The fourth-order valence-corrected chi connectivity index (χ4v) is 5.19. The molecule has 5 rings (SSSR count). The van der Waals surface area contributed by atoms with Gasteiger partial charge in [-0.05, 0) is 43.7 Å². The van der Waals surface area contributed by atoms with Crippen LogP contribution in [0.5, 0.6) is 0 Å². The Kier molecular flexibility index (Phi) is 4.60. The quantitative estimate of drug-likeness (QED) is 0.814. The van der Waals surface area contributed by atoms with Gasteiger partial charge in [-0.25, -0.2) is 0 Å². The maximum Gasteiger partial charge on any atom is 0.255 e. The lowest BCUT2D eigenvalue weighted by atomic mass is 9.85. The maximum absolute atomic E-state index is 13.3. The van der Waals surface area contributed by atoms with Crippen molar-refractivity contribution in [2.45, 2.75) is 63.3 Å². The number of aliphatic hydroxyl groups excluding tert-OH is 1. The molecule has 1 amide bonds. The summed E-state index contributed by atoms with van der Waals surface area (Å²) in [5.74, 6) is 0.480. The molecule has 0 saturated carbocycles. The van der Waals surface area contributed by atoms with E-state index in [0.29, 0.717) is 48.8 Å². The first-order chi connectivity index (χ1) is 13.9. The maximum atomic E-state index is 13.3. The Morgan fingerprint density at radius 1 is 1.28 bits per heavy atom. The predicted octanol–water partition coefficient (Wildman–Crippen LogP) is 1.54.